The summed E-state index contributed by atoms with van der Waals surface area (Å²) >= 11 is 0. The van der Waals surface area contributed by atoms with E-state index >= 15 is 0 Å². The van der Waals surface area contributed by atoms with Gasteiger partial charge < -0.3 is 10.6 Å². The van der Waals surface area contributed by atoms with Crippen LogP contribution in [0.5, 0.6) is 0 Å². The number of nitrogens with two attached hydrogens (primary N) is 1. The average molecular weight is 510 g/mol. The van der Waals surface area contributed by atoms with E-state index < -0.39 is 9.84 Å². The molecule has 3 aromatic rings. The second-order valence-corrected chi connectivity index (χ2v) is 11.3. The van der Waals surface area contributed by atoms with Gasteiger partial charge in [-0.2, -0.15) is 0 Å². The van der Waals surface area contributed by atoms with Crippen LogP contribution >= 0.6 is 0 Å². The molecule has 0 aliphatic carbocycles. The van der Waals surface area contributed by atoms with Crippen molar-refractivity contribution in [1.29, 1.82) is 0 Å². The minimum atomic E-state index is -3.41. The lowest BCUT2D eigenvalue weighted by Gasteiger charge is -2.43. The van der Waals surface area contributed by atoms with Crippen LogP contribution in [0.25, 0.3) is 22.3 Å². The van der Waals surface area contributed by atoms with E-state index in [0.717, 1.165) is 17.5 Å². The van der Waals surface area contributed by atoms with Crippen LogP contribution in [-0.2, 0) is 21.2 Å². The standard InChI is InChI=1S/C24H27N7O4S/c1-29-13-16-12-26-19-5-4-18(15-3-6-21(27-11-15)36(2,34)35)28-22(19)23(16)31(24(29)33)17-7-9-30(10-8-17)14-20(25)32/h3-6,11-12,17H,7-10,13-14H2,1-2H3,(H2,25,32). The number of primary amides is 1. The van der Waals surface area contributed by atoms with Crippen LogP contribution in [0.2, 0.25) is 0 Å². The van der Waals surface area contributed by atoms with Crippen LogP contribution in [0.15, 0.2) is 41.7 Å². The number of amides is 3. The lowest BCUT2D eigenvalue weighted by molar-refractivity contribution is -0.119. The Kier molecular flexibility index (Phi) is 6.08. The Morgan fingerprint density at radius 3 is 2.50 bits per heavy atom. The maximum atomic E-state index is 13.4. The topological polar surface area (TPSA) is 143 Å². The Morgan fingerprint density at radius 1 is 1.11 bits per heavy atom. The number of nitrogens with zero attached hydrogens (tertiary/aromatic N) is 6. The second-order valence-electron chi connectivity index (χ2n) is 9.34. The van der Waals surface area contributed by atoms with E-state index in [0.29, 0.717) is 54.8 Å². The number of hydrogen-bond donors (Lipinski definition) is 1. The van der Waals surface area contributed by atoms with Gasteiger partial charge >= 0.3 is 6.03 Å². The van der Waals surface area contributed by atoms with Gasteiger partial charge in [0.15, 0.2) is 14.9 Å². The predicted molar refractivity (Wildman–Crippen MR) is 134 cm³/mol. The zero-order valence-electron chi connectivity index (χ0n) is 20.1. The van der Waals surface area contributed by atoms with Gasteiger partial charge in [-0.15, -0.1) is 0 Å². The first-order valence-corrected chi connectivity index (χ1v) is 13.5. The van der Waals surface area contributed by atoms with Crippen LogP contribution < -0.4 is 10.6 Å². The van der Waals surface area contributed by atoms with E-state index in [2.05, 4.69) is 9.97 Å². The van der Waals surface area contributed by atoms with Crippen molar-refractivity contribution in [1.82, 2.24) is 24.8 Å². The number of carbonyl (C=O) groups is 2. The Balaban J connectivity index is 1.55. The molecule has 3 amide bonds. The summed E-state index contributed by atoms with van der Waals surface area (Å²) in [6.07, 6.45) is 5.79. The summed E-state index contributed by atoms with van der Waals surface area (Å²) in [4.78, 5) is 43.8. The molecule has 0 atom stereocenters. The number of sulfone groups is 1. The van der Waals surface area contributed by atoms with E-state index in [-0.39, 0.29) is 29.6 Å². The molecule has 188 valence electrons. The zero-order chi connectivity index (χ0) is 25.6. The fourth-order valence-corrected chi connectivity index (χ4v) is 5.44. The van der Waals surface area contributed by atoms with Gasteiger partial charge in [0.1, 0.15) is 5.52 Å². The molecule has 0 bridgehead atoms. The molecule has 1 saturated heterocycles. The lowest BCUT2D eigenvalue weighted by atomic mass is 9.99. The van der Waals surface area contributed by atoms with Crippen molar-refractivity contribution in [3.05, 3.63) is 42.2 Å². The number of aromatic nitrogens is 3. The highest BCUT2D eigenvalue weighted by molar-refractivity contribution is 7.90. The molecular formula is C24H27N7O4S. The minimum absolute atomic E-state index is 0.00595. The summed E-state index contributed by atoms with van der Waals surface area (Å²) < 4.78 is 23.6. The number of urea groups is 1. The first-order valence-electron chi connectivity index (χ1n) is 11.6. The second kappa shape index (κ2) is 9.10. The third-order valence-corrected chi connectivity index (χ3v) is 7.66. The molecule has 1 fully saturated rings. The summed E-state index contributed by atoms with van der Waals surface area (Å²) in [5.41, 5.74) is 9.54. The third kappa shape index (κ3) is 4.49. The number of rotatable bonds is 5. The van der Waals surface area contributed by atoms with Crippen LogP contribution in [0, 0.1) is 0 Å². The highest BCUT2D eigenvalue weighted by Crippen LogP contribution is 2.37. The van der Waals surface area contributed by atoms with Gasteiger partial charge in [-0.05, 0) is 37.1 Å². The largest absolute Gasteiger partial charge is 0.369 e. The van der Waals surface area contributed by atoms with E-state index in [4.69, 9.17) is 10.7 Å². The van der Waals surface area contributed by atoms with Gasteiger partial charge in [-0.25, -0.2) is 23.2 Å². The maximum absolute atomic E-state index is 13.4. The Bertz CT molecular complexity index is 1450. The monoisotopic (exact) mass is 509 g/mol. The van der Waals surface area contributed by atoms with Crippen LogP contribution in [0.4, 0.5) is 10.5 Å². The molecule has 3 aromatic heterocycles. The molecule has 11 nitrogen and oxygen atoms in total. The van der Waals surface area contributed by atoms with Crippen LogP contribution in [0.3, 0.4) is 0 Å². The molecule has 0 spiro atoms. The molecule has 36 heavy (non-hydrogen) atoms. The lowest BCUT2D eigenvalue weighted by Crippen LogP contribution is -2.54. The fourth-order valence-electron chi connectivity index (χ4n) is 4.88. The van der Waals surface area contributed by atoms with Crippen molar-refractivity contribution in [2.45, 2.75) is 30.5 Å². The predicted octanol–water partition coefficient (Wildman–Crippen LogP) is 1.42. The molecule has 2 aliphatic heterocycles. The number of likely N-dealkylation sites (tertiary alicyclic amines) is 1. The molecule has 5 heterocycles. The number of anilines is 1. The Hall–Kier alpha value is -3.64. The number of carbonyl (C=O) groups excluding carboxylic acids is 2. The summed E-state index contributed by atoms with van der Waals surface area (Å²) in [5.74, 6) is -0.361. The van der Waals surface area contributed by atoms with Crippen LogP contribution in [-0.4, -0.2) is 84.1 Å². The summed E-state index contributed by atoms with van der Waals surface area (Å²) in [7, 11) is -1.64. The molecule has 0 radical (unpaired) electrons. The third-order valence-electron chi connectivity index (χ3n) is 6.66. The number of piperidine rings is 1. The minimum Gasteiger partial charge on any atom is -0.369 e. The molecule has 12 heteroatoms. The van der Waals surface area contributed by atoms with Gasteiger partial charge in [0.2, 0.25) is 5.91 Å². The molecule has 0 saturated carbocycles. The fraction of sp³-hybridized carbons (Fsp3) is 0.375. The van der Waals surface area contributed by atoms with Gasteiger partial charge in [-0.1, -0.05) is 0 Å². The molecule has 5 rings (SSSR count). The smallest absolute Gasteiger partial charge is 0.324 e. The van der Waals surface area contributed by atoms with Crippen molar-refractivity contribution >= 4 is 38.5 Å². The highest BCUT2D eigenvalue weighted by atomic mass is 32.2. The van der Waals surface area contributed by atoms with E-state index in [1.807, 2.05) is 21.9 Å². The molecule has 2 N–H and O–H groups in total. The first-order chi connectivity index (χ1) is 17.1. The van der Waals surface area contributed by atoms with E-state index in [1.165, 1.54) is 12.3 Å². The van der Waals surface area contributed by atoms with Crippen molar-refractivity contribution in [3.8, 4) is 11.3 Å². The van der Waals surface area contributed by atoms with Crippen molar-refractivity contribution in [3.63, 3.8) is 0 Å². The van der Waals surface area contributed by atoms with Crippen molar-refractivity contribution in [2.75, 3.05) is 37.8 Å². The van der Waals surface area contributed by atoms with Crippen molar-refractivity contribution in [2.24, 2.45) is 5.73 Å². The molecular weight excluding hydrogens is 482 g/mol. The van der Waals surface area contributed by atoms with E-state index in [1.54, 1.807) is 24.2 Å². The number of hydrogen-bond acceptors (Lipinski definition) is 8. The zero-order valence-corrected chi connectivity index (χ0v) is 20.9. The number of pyridine rings is 3. The summed E-state index contributed by atoms with van der Waals surface area (Å²) in [6.45, 7) is 1.96. The summed E-state index contributed by atoms with van der Waals surface area (Å²) in [6, 6.07) is 6.62. The Morgan fingerprint density at radius 2 is 1.86 bits per heavy atom. The highest BCUT2D eigenvalue weighted by Gasteiger charge is 2.37. The summed E-state index contributed by atoms with van der Waals surface area (Å²) in [5, 5.41) is -0.00595. The van der Waals surface area contributed by atoms with Gasteiger partial charge in [0.05, 0.1) is 30.0 Å². The van der Waals surface area contributed by atoms with Gasteiger partial charge in [-0.3, -0.25) is 19.6 Å². The molecule has 0 unspecified atom stereocenters. The normalized spacial score (nSPS) is 17.4. The van der Waals surface area contributed by atoms with E-state index in [9.17, 15) is 18.0 Å². The quantitative estimate of drug-likeness (QED) is 0.544. The first kappa shape index (κ1) is 24.1. The van der Waals surface area contributed by atoms with Gasteiger partial charge in [0, 0.05) is 56.0 Å². The maximum Gasteiger partial charge on any atom is 0.324 e. The average Bonchev–Trinajstić information content (AvgIpc) is 2.84. The Labute approximate surface area is 208 Å². The van der Waals surface area contributed by atoms with Gasteiger partial charge in [0.25, 0.3) is 0 Å². The molecule has 0 aromatic carbocycles. The van der Waals surface area contributed by atoms with Crippen molar-refractivity contribution < 1.29 is 18.0 Å². The molecule has 2 aliphatic rings. The van der Waals surface area contributed by atoms with Crippen LogP contribution in [0.1, 0.15) is 18.4 Å². The SMILES string of the molecule is CN1Cc2cnc3ccc(-c4ccc(S(C)(=O)=O)nc4)nc3c2N(C2CCN(CC(N)=O)CC2)C1=O. The number of fused-ring (bicyclic) bond motifs is 3.